The second-order valence-electron chi connectivity index (χ2n) is 5.26. The number of hydrogen-bond donors (Lipinski definition) is 1. The van der Waals surface area contributed by atoms with E-state index in [4.69, 9.17) is 21.6 Å². The van der Waals surface area contributed by atoms with Crippen LogP contribution in [-0.4, -0.2) is 18.0 Å². The number of nitrogens with one attached hydrogen (secondary N) is 1. The van der Waals surface area contributed by atoms with Crippen molar-refractivity contribution < 1.29 is 18.7 Å². The molecule has 0 bridgehead atoms. The first-order valence-electron chi connectivity index (χ1n) is 7.54. The minimum absolute atomic E-state index is 0.0596. The quantitative estimate of drug-likeness (QED) is 0.637. The van der Waals surface area contributed by atoms with Gasteiger partial charge in [-0.05, 0) is 55.0 Å². The minimum atomic E-state index is -1.03. The molecule has 1 N–H and O–H groups in total. The number of amides is 1. The van der Waals surface area contributed by atoms with Crippen LogP contribution in [0.2, 0.25) is 5.02 Å². The molecule has 2 rings (SSSR count). The highest BCUT2D eigenvalue weighted by molar-refractivity contribution is 6.30. The number of benzene rings is 2. The van der Waals surface area contributed by atoms with Gasteiger partial charge in [0.1, 0.15) is 5.82 Å². The molecule has 0 saturated carbocycles. The minimum Gasteiger partial charge on any atom is -0.449 e. The lowest BCUT2D eigenvalue weighted by Gasteiger charge is -2.12. The lowest BCUT2D eigenvalue weighted by atomic mass is 10.2. The molecule has 132 valence electrons. The average Bonchev–Trinajstić information content (AvgIpc) is 2.63. The maximum absolute atomic E-state index is 13.1. The number of halogens is 2. The van der Waals surface area contributed by atoms with Crippen LogP contribution in [0.3, 0.4) is 0 Å². The predicted molar refractivity (Wildman–Crippen MR) is 95.8 cm³/mol. The lowest BCUT2D eigenvalue weighted by Crippen LogP contribution is -2.29. The third kappa shape index (κ3) is 5.43. The van der Waals surface area contributed by atoms with Crippen LogP contribution in [-0.2, 0) is 14.3 Å². The van der Waals surface area contributed by atoms with E-state index in [0.29, 0.717) is 16.8 Å². The monoisotopic (exact) mass is 372 g/mol. The van der Waals surface area contributed by atoms with Crippen molar-refractivity contribution in [2.75, 3.05) is 5.32 Å². The van der Waals surface area contributed by atoms with E-state index >= 15 is 0 Å². The zero-order chi connectivity index (χ0) is 19.1. The molecule has 0 aliphatic rings. The van der Waals surface area contributed by atoms with Crippen molar-refractivity contribution in [3.63, 3.8) is 0 Å². The third-order valence-electron chi connectivity index (χ3n) is 3.30. The summed E-state index contributed by atoms with van der Waals surface area (Å²) in [5.74, 6) is -1.80. The first kappa shape index (κ1) is 19.2. The standard InChI is InChI=1S/C19H14ClFN2O3/c1-12(19(25)23-15-6-2-14(11-22)3-7-15)26-18(24)9-5-13-4-8-17(21)16(20)10-13/h2-10,12H,1H3,(H,23,25)/b9-5+/t12-/m0/s1. The highest BCUT2D eigenvalue weighted by Crippen LogP contribution is 2.17. The number of ether oxygens (including phenoxy) is 1. The molecule has 5 nitrogen and oxygen atoms in total. The summed E-state index contributed by atoms with van der Waals surface area (Å²) in [6, 6.07) is 12.2. The zero-order valence-corrected chi connectivity index (χ0v) is 14.5. The topological polar surface area (TPSA) is 79.2 Å². The molecule has 2 aromatic carbocycles. The van der Waals surface area contributed by atoms with Crippen molar-refractivity contribution in [2.45, 2.75) is 13.0 Å². The molecule has 0 aliphatic heterocycles. The van der Waals surface area contributed by atoms with Crippen LogP contribution >= 0.6 is 11.6 Å². The Kier molecular flexibility index (Phi) is 6.48. The number of nitrogens with zero attached hydrogens (tertiary/aromatic N) is 1. The summed E-state index contributed by atoms with van der Waals surface area (Å²) in [7, 11) is 0. The fourth-order valence-electron chi connectivity index (χ4n) is 1.92. The SMILES string of the molecule is C[C@H](OC(=O)/C=C/c1ccc(F)c(Cl)c1)C(=O)Nc1ccc(C#N)cc1. The van der Waals surface area contributed by atoms with Gasteiger partial charge in [-0.25, -0.2) is 9.18 Å². The van der Waals surface area contributed by atoms with Crippen LogP contribution in [0.4, 0.5) is 10.1 Å². The summed E-state index contributed by atoms with van der Waals surface area (Å²) < 4.78 is 18.1. The van der Waals surface area contributed by atoms with E-state index in [1.807, 2.05) is 6.07 Å². The Morgan fingerprint density at radius 2 is 1.96 bits per heavy atom. The Hall–Kier alpha value is -3.17. The number of esters is 1. The molecule has 0 aliphatic carbocycles. The van der Waals surface area contributed by atoms with Crippen molar-refractivity contribution in [1.82, 2.24) is 0 Å². The lowest BCUT2D eigenvalue weighted by molar-refractivity contribution is -0.148. The second kappa shape index (κ2) is 8.79. The summed E-state index contributed by atoms with van der Waals surface area (Å²) in [6.45, 7) is 1.43. The summed E-state index contributed by atoms with van der Waals surface area (Å²) in [5, 5.41) is 11.2. The fourth-order valence-corrected chi connectivity index (χ4v) is 2.11. The van der Waals surface area contributed by atoms with Gasteiger partial charge in [0.05, 0.1) is 16.7 Å². The third-order valence-corrected chi connectivity index (χ3v) is 3.59. The molecule has 0 fully saturated rings. The zero-order valence-electron chi connectivity index (χ0n) is 13.7. The van der Waals surface area contributed by atoms with Crippen molar-refractivity contribution in [1.29, 1.82) is 5.26 Å². The molecule has 1 atom stereocenters. The number of rotatable bonds is 5. The van der Waals surface area contributed by atoms with E-state index in [9.17, 15) is 14.0 Å². The summed E-state index contributed by atoms with van der Waals surface area (Å²) in [4.78, 5) is 23.8. The van der Waals surface area contributed by atoms with E-state index in [1.165, 1.54) is 31.2 Å². The summed E-state index contributed by atoms with van der Waals surface area (Å²) in [6.07, 6.45) is 1.49. The average molecular weight is 373 g/mol. The maximum Gasteiger partial charge on any atom is 0.331 e. The number of hydrogen-bond acceptors (Lipinski definition) is 4. The molecule has 7 heteroatoms. The van der Waals surface area contributed by atoms with Crippen molar-refractivity contribution in [2.24, 2.45) is 0 Å². The molecule has 0 aromatic heterocycles. The fraction of sp³-hybridized carbons (Fsp3) is 0.105. The molecule has 0 heterocycles. The first-order chi connectivity index (χ1) is 12.4. The van der Waals surface area contributed by atoms with Crippen LogP contribution in [0, 0.1) is 17.1 Å². The highest BCUT2D eigenvalue weighted by atomic mass is 35.5. The van der Waals surface area contributed by atoms with Crippen molar-refractivity contribution in [3.05, 3.63) is 70.5 Å². The largest absolute Gasteiger partial charge is 0.449 e. The number of nitriles is 1. The van der Waals surface area contributed by atoms with Crippen LogP contribution < -0.4 is 5.32 Å². The summed E-state index contributed by atoms with van der Waals surface area (Å²) >= 11 is 5.66. The van der Waals surface area contributed by atoms with Gasteiger partial charge >= 0.3 is 5.97 Å². The van der Waals surface area contributed by atoms with Gasteiger partial charge in [0.25, 0.3) is 5.91 Å². The Morgan fingerprint density at radius 3 is 2.58 bits per heavy atom. The van der Waals surface area contributed by atoms with Crippen molar-refractivity contribution >= 4 is 35.2 Å². The highest BCUT2D eigenvalue weighted by Gasteiger charge is 2.16. The van der Waals surface area contributed by atoms with Crippen LogP contribution in [0.5, 0.6) is 0 Å². The second-order valence-corrected chi connectivity index (χ2v) is 5.67. The van der Waals surface area contributed by atoms with Gasteiger partial charge in [-0.1, -0.05) is 17.7 Å². The molecule has 2 aromatic rings. The smallest absolute Gasteiger partial charge is 0.331 e. The van der Waals surface area contributed by atoms with E-state index in [-0.39, 0.29) is 5.02 Å². The van der Waals surface area contributed by atoms with Gasteiger partial charge in [0, 0.05) is 11.8 Å². The summed E-state index contributed by atoms with van der Waals surface area (Å²) in [5.41, 5.74) is 1.46. The van der Waals surface area contributed by atoms with Crippen LogP contribution in [0.25, 0.3) is 6.08 Å². The van der Waals surface area contributed by atoms with Crippen molar-refractivity contribution in [3.8, 4) is 6.07 Å². The molecule has 0 saturated heterocycles. The van der Waals surface area contributed by atoms with E-state index < -0.39 is 23.8 Å². The Labute approximate surface area is 154 Å². The first-order valence-corrected chi connectivity index (χ1v) is 7.91. The van der Waals surface area contributed by atoms with Gasteiger partial charge in [-0.15, -0.1) is 0 Å². The van der Waals surface area contributed by atoms with E-state index in [1.54, 1.807) is 24.3 Å². The van der Waals surface area contributed by atoms with Gasteiger partial charge in [-0.2, -0.15) is 5.26 Å². The Bertz CT molecular complexity index is 889. The molecule has 0 unspecified atom stereocenters. The van der Waals surface area contributed by atoms with Gasteiger partial charge < -0.3 is 10.1 Å². The Morgan fingerprint density at radius 1 is 1.27 bits per heavy atom. The molecular weight excluding hydrogens is 359 g/mol. The van der Waals surface area contributed by atoms with E-state index in [2.05, 4.69) is 5.32 Å². The molecule has 0 radical (unpaired) electrons. The molecule has 1 amide bonds. The number of carbonyl (C=O) groups is 2. The molecule has 0 spiro atoms. The van der Waals surface area contributed by atoms with E-state index in [0.717, 1.165) is 6.08 Å². The van der Waals surface area contributed by atoms with Crippen LogP contribution in [0.15, 0.2) is 48.5 Å². The van der Waals surface area contributed by atoms with Crippen LogP contribution in [0.1, 0.15) is 18.1 Å². The Balaban J connectivity index is 1.90. The van der Waals surface area contributed by atoms with Gasteiger partial charge in [0.2, 0.25) is 0 Å². The molecule has 26 heavy (non-hydrogen) atoms. The molecular formula is C19H14ClFN2O3. The maximum atomic E-state index is 13.1. The predicted octanol–water partition coefficient (Wildman–Crippen LogP) is 3.93. The normalized spacial score (nSPS) is 11.6. The number of anilines is 1. The van der Waals surface area contributed by atoms with Gasteiger partial charge in [0.15, 0.2) is 6.10 Å². The van der Waals surface area contributed by atoms with Gasteiger partial charge in [-0.3, -0.25) is 4.79 Å². The number of carbonyl (C=O) groups excluding carboxylic acids is 2.